The quantitative estimate of drug-likeness (QED) is 0.338. The van der Waals surface area contributed by atoms with E-state index in [2.05, 4.69) is 0 Å². The van der Waals surface area contributed by atoms with Crippen LogP contribution in [0.4, 0.5) is 74.6 Å². The first-order valence-electron chi connectivity index (χ1n) is 4.96. The van der Waals surface area contributed by atoms with Crippen LogP contribution >= 0.6 is 0 Å². The van der Waals surface area contributed by atoms with Gasteiger partial charge in [0.2, 0.25) is 5.92 Å². The van der Waals surface area contributed by atoms with Gasteiger partial charge >= 0.3 is 87.4 Å². The average molecular weight is 458 g/mol. The van der Waals surface area contributed by atoms with Gasteiger partial charge in [-0.2, -0.15) is 48.3 Å². The van der Waals surface area contributed by atoms with E-state index in [1.54, 1.807) is 0 Å². The molecule has 0 aliphatic carbocycles. The monoisotopic (exact) mass is 458 g/mol. The fourth-order valence-electron chi connectivity index (χ4n) is 1.09. The molecule has 0 heterocycles. The normalized spacial score (nSPS) is 15.9. The number of alkyl halides is 16. The molecule has 0 amide bonds. The van der Waals surface area contributed by atoms with Crippen molar-refractivity contribution in [2.75, 3.05) is 0 Å². The fraction of sp³-hybridized carbons (Fsp3) is 0.875. The van der Waals surface area contributed by atoms with Crippen LogP contribution in [0.25, 0.3) is 0 Å². The van der Waals surface area contributed by atoms with Crippen molar-refractivity contribution in [3.05, 3.63) is 6.17 Å². The van der Waals surface area contributed by atoms with Crippen LogP contribution in [-0.4, -0.2) is 42.0 Å². The smallest absolute Gasteiger partial charge is 0.441 e. The summed E-state index contributed by atoms with van der Waals surface area (Å²) in [6.07, 6.45) is -20.2. The molecule has 0 atom stereocenters. The van der Waals surface area contributed by atoms with Gasteiger partial charge in [0.15, 0.2) is 0 Å². The Bertz CT molecular complexity index is 484. The second-order valence-corrected chi connectivity index (χ2v) is 4.18. The fourth-order valence-corrected chi connectivity index (χ4v) is 1.09. The Morgan fingerprint density at radius 1 is 0.423 bits per heavy atom. The van der Waals surface area contributed by atoms with Crippen molar-refractivity contribution in [3.8, 4) is 0 Å². The van der Waals surface area contributed by atoms with Crippen LogP contribution in [0.5, 0.6) is 0 Å². The minimum absolute atomic E-state index is 0. The van der Waals surface area contributed by atoms with Crippen molar-refractivity contribution >= 4 is 0 Å². The van der Waals surface area contributed by atoms with Gasteiger partial charge < -0.3 is 4.39 Å². The maximum atomic E-state index is 12.7. The van der Waals surface area contributed by atoms with Gasteiger partial charge in [0.05, 0.1) is 0 Å². The van der Waals surface area contributed by atoms with Crippen LogP contribution in [0.15, 0.2) is 0 Å². The van der Waals surface area contributed by atoms with E-state index in [9.17, 15) is 74.6 Å². The van der Waals surface area contributed by atoms with Gasteiger partial charge in [0.25, 0.3) is 0 Å². The number of hydrogen-bond donors (Lipinski definition) is 0. The van der Waals surface area contributed by atoms with Crippen molar-refractivity contribution in [2.24, 2.45) is 0 Å². The predicted molar refractivity (Wildman–Crippen MR) is 41.2 cm³/mol. The maximum absolute atomic E-state index is 12.7. The van der Waals surface area contributed by atoms with Crippen LogP contribution in [0.2, 0.25) is 0 Å². The van der Waals surface area contributed by atoms with E-state index in [1.165, 1.54) is 0 Å². The molecule has 0 N–H and O–H groups in total. The van der Waals surface area contributed by atoms with Gasteiger partial charge in [-0.05, 0) is 0 Å². The predicted octanol–water partition coefficient (Wildman–Crippen LogP) is 2.79. The molecular weight excluding hydrogens is 458 g/mol. The zero-order valence-corrected chi connectivity index (χ0v) is 14.5. The molecular formula is C8F17K. The summed E-state index contributed by atoms with van der Waals surface area (Å²) >= 11 is 0. The molecule has 0 saturated heterocycles. The SMILES string of the molecule is F[C-](C(F)(F)F)C(F)(F)C(F)(F)C(F)(F)C(F)(F)C(F)(F)C(F)(F)F.[K+]. The Balaban J connectivity index is 0. The summed E-state index contributed by atoms with van der Waals surface area (Å²) in [5.41, 5.74) is 0. The molecule has 0 saturated carbocycles. The van der Waals surface area contributed by atoms with Gasteiger partial charge in [-0.25, -0.2) is 22.0 Å². The van der Waals surface area contributed by atoms with Crippen molar-refractivity contribution in [1.82, 2.24) is 0 Å². The molecule has 152 valence electrons. The van der Waals surface area contributed by atoms with E-state index in [-0.39, 0.29) is 51.4 Å². The van der Waals surface area contributed by atoms with Crippen molar-refractivity contribution in [3.63, 3.8) is 0 Å². The topological polar surface area (TPSA) is 0 Å². The first-order chi connectivity index (χ1) is 10.4. The molecule has 0 fully saturated rings. The Labute approximate surface area is 173 Å². The zero-order valence-electron chi connectivity index (χ0n) is 11.4. The third-order valence-electron chi connectivity index (χ3n) is 2.46. The summed E-state index contributed by atoms with van der Waals surface area (Å²) in [6, 6.07) is 0. The average Bonchev–Trinajstić information content (AvgIpc) is 2.34. The van der Waals surface area contributed by atoms with Crippen molar-refractivity contribution < 1.29 is 126 Å². The van der Waals surface area contributed by atoms with Crippen LogP contribution in [0, 0.1) is 6.17 Å². The van der Waals surface area contributed by atoms with E-state index in [1.807, 2.05) is 0 Å². The molecule has 0 aromatic carbocycles. The first-order valence-corrected chi connectivity index (χ1v) is 4.96. The van der Waals surface area contributed by atoms with Crippen molar-refractivity contribution in [1.29, 1.82) is 0 Å². The largest absolute Gasteiger partial charge is 1.00 e. The summed E-state index contributed by atoms with van der Waals surface area (Å²) in [5, 5.41) is 0. The van der Waals surface area contributed by atoms with E-state index in [4.69, 9.17) is 0 Å². The molecule has 0 aromatic rings. The van der Waals surface area contributed by atoms with Crippen LogP contribution < -0.4 is 51.4 Å². The van der Waals surface area contributed by atoms with E-state index < -0.39 is 48.1 Å². The van der Waals surface area contributed by atoms with E-state index >= 15 is 0 Å². The van der Waals surface area contributed by atoms with Crippen molar-refractivity contribution in [2.45, 2.75) is 42.0 Å². The molecule has 0 spiro atoms. The Morgan fingerprint density at radius 2 is 0.692 bits per heavy atom. The molecule has 0 unspecified atom stereocenters. The minimum Gasteiger partial charge on any atom is -0.441 e. The molecule has 0 aliphatic heterocycles. The molecule has 0 radical (unpaired) electrons. The standard InChI is InChI=1S/C8F17.K/c9-1(3(12,13)14)2(10,11)4(15,16)5(17,18)6(19,20)7(21,22)8(23,24)25;/q-1;+1. The summed E-state index contributed by atoms with van der Waals surface area (Å²) in [5.74, 6) is -41.2. The molecule has 26 heavy (non-hydrogen) atoms. The number of rotatable bonds is 5. The number of halogens is 17. The van der Waals surface area contributed by atoms with Gasteiger partial charge in [0, 0.05) is 6.17 Å². The van der Waals surface area contributed by atoms with Gasteiger partial charge in [-0.3, -0.25) is 0 Å². The van der Waals surface area contributed by atoms with E-state index in [0.29, 0.717) is 0 Å². The Kier molecular flexibility index (Phi) is 8.11. The molecule has 0 rings (SSSR count). The van der Waals surface area contributed by atoms with Gasteiger partial charge in [0.1, 0.15) is 0 Å². The second kappa shape index (κ2) is 7.36. The second-order valence-electron chi connectivity index (χ2n) is 4.18. The van der Waals surface area contributed by atoms with Crippen LogP contribution in [-0.2, 0) is 0 Å². The third kappa shape index (κ3) is 4.07. The molecule has 0 nitrogen and oxygen atoms in total. The number of hydrogen-bond acceptors (Lipinski definition) is 0. The Hall–Kier alpha value is 0.446. The Morgan fingerprint density at radius 3 is 0.923 bits per heavy atom. The summed E-state index contributed by atoms with van der Waals surface area (Å²) < 4.78 is 208. The van der Waals surface area contributed by atoms with E-state index in [0.717, 1.165) is 0 Å². The molecule has 18 heteroatoms. The maximum Gasteiger partial charge on any atom is 1.00 e. The van der Waals surface area contributed by atoms with Gasteiger partial charge in [-0.1, -0.05) is 0 Å². The third-order valence-corrected chi connectivity index (χ3v) is 2.46. The zero-order chi connectivity index (χ0) is 21.1. The minimum atomic E-state index is -8.48. The molecule has 0 aromatic heterocycles. The molecule has 0 aliphatic rings. The van der Waals surface area contributed by atoms with Crippen LogP contribution in [0.3, 0.4) is 0 Å². The summed E-state index contributed by atoms with van der Waals surface area (Å²) in [6.45, 7) is 0. The van der Waals surface area contributed by atoms with Crippen LogP contribution in [0.1, 0.15) is 0 Å². The summed E-state index contributed by atoms with van der Waals surface area (Å²) in [7, 11) is 0. The summed E-state index contributed by atoms with van der Waals surface area (Å²) in [4.78, 5) is 0. The first kappa shape index (κ1) is 28.7. The molecule has 0 bridgehead atoms. The van der Waals surface area contributed by atoms with Gasteiger partial charge in [-0.15, -0.1) is 0 Å².